The van der Waals surface area contributed by atoms with Gasteiger partial charge < -0.3 is 27.6 Å². The first-order valence-corrected chi connectivity index (χ1v) is 23.9. The van der Waals surface area contributed by atoms with Gasteiger partial charge in [0, 0.05) is 42.6 Å². The summed E-state index contributed by atoms with van der Waals surface area (Å²) in [5, 5.41) is 31.3. The molecule has 0 radical (unpaired) electrons. The van der Waals surface area contributed by atoms with E-state index < -0.39 is 14.5 Å². The topological polar surface area (TPSA) is 119 Å². The number of aryl methyl sites for hydroxylation is 1. The van der Waals surface area contributed by atoms with Crippen molar-refractivity contribution >= 4 is 103 Å². The summed E-state index contributed by atoms with van der Waals surface area (Å²) in [5.74, 6) is 2.02. The molecule has 0 spiro atoms. The first-order valence-electron chi connectivity index (χ1n) is 22.2. The Bertz CT molecular complexity index is 3810. The second kappa shape index (κ2) is 15.5. The molecule has 4 aliphatic rings. The van der Waals surface area contributed by atoms with Gasteiger partial charge in [-0.2, -0.15) is 10.5 Å². The lowest BCUT2D eigenvalue weighted by Gasteiger charge is -2.20. The van der Waals surface area contributed by atoms with Crippen molar-refractivity contribution in [3.63, 3.8) is 0 Å². The molecule has 0 aliphatic carbocycles. The molecule has 10 nitrogen and oxygen atoms in total. The van der Waals surface area contributed by atoms with Crippen molar-refractivity contribution in [2.75, 3.05) is 0 Å². The standard InChI is InChI=1S/C54H34B2N6O4S2/c1-30(2)49-47-48(52(61(49)55-63-39-22-6-7-23-40(39)64-55)36(29-58)54-60-38-21-11-16-33-18-13-27-44(68-54)46(33)38)50(34-19-5-4-14-31(34)3)62(56-65-41-24-8-9-25-42(41)66-56)51(47)35(28-57)53-59-37-20-10-15-32-17-12-26-43(67-53)45(32)37/h4-27,30H,1-3H3/b51-35-,52-36-. The van der Waals surface area contributed by atoms with Crippen molar-refractivity contribution in [2.45, 2.75) is 36.5 Å². The van der Waals surface area contributed by atoms with Crippen LogP contribution in [0.5, 0.6) is 23.0 Å². The Morgan fingerprint density at radius 2 is 0.971 bits per heavy atom. The molecule has 0 fully saturated rings. The number of aromatic nitrogens is 2. The van der Waals surface area contributed by atoms with Gasteiger partial charge in [0.05, 0.1) is 27.8 Å². The normalized spacial score (nSPS) is 15.1. The molecule has 13 rings (SSSR count). The molecule has 0 unspecified atom stereocenters. The Kier molecular flexibility index (Phi) is 9.19. The summed E-state index contributed by atoms with van der Waals surface area (Å²) in [5.41, 5.74) is 5.38. The van der Waals surface area contributed by atoms with E-state index in [4.69, 9.17) is 28.6 Å². The van der Waals surface area contributed by atoms with Crippen LogP contribution in [0.4, 0.5) is 11.4 Å². The van der Waals surface area contributed by atoms with Crippen LogP contribution in [0.3, 0.4) is 0 Å². The minimum Gasteiger partial charge on any atom is -0.503 e. The molecule has 322 valence electrons. The van der Waals surface area contributed by atoms with Crippen molar-refractivity contribution in [3.05, 3.63) is 168 Å². The number of nitriles is 2. The van der Waals surface area contributed by atoms with E-state index in [1.165, 1.54) is 23.5 Å². The molecule has 0 N–H and O–H groups in total. The molecule has 68 heavy (non-hydrogen) atoms. The van der Waals surface area contributed by atoms with Gasteiger partial charge in [0.2, 0.25) is 0 Å². The third kappa shape index (κ3) is 6.01. The number of thioether (sulfide) groups is 2. The number of nitrogens with zero attached hydrogens (tertiary/aromatic N) is 6. The van der Waals surface area contributed by atoms with E-state index in [2.05, 4.69) is 81.4 Å². The summed E-state index contributed by atoms with van der Waals surface area (Å²) in [6.45, 7) is 6.27. The minimum atomic E-state index is -1.08. The summed E-state index contributed by atoms with van der Waals surface area (Å²) in [6.07, 6.45) is 0. The highest BCUT2D eigenvalue weighted by Gasteiger charge is 2.46. The van der Waals surface area contributed by atoms with E-state index in [1.807, 2.05) is 106 Å². The number of para-hydroxylation sites is 4. The fraction of sp³-hybridized carbons (Fsp3) is 0.0741. The number of hydrogen-bond acceptors (Lipinski definition) is 10. The van der Waals surface area contributed by atoms with E-state index in [9.17, 15) is 10.5 Å². The maximum absolute atomic E-state index is 11.9. The third-order valence-electron chi connectivity index (χ3n) is 12.8. The summed E-state index contributed by atoms with van der Waals surface area (Å²) >= 11 is 2.92. The summed E-state index contributed by atoms with van der Waals surface area (Å²) in [6, 6.07) is 53.1. The van der Waals surface area contributed by atoms with Crippen molar-refractivity contribution < 1.29 is 18.6 Å². The van der Waals surface area contributed by atoms with Gasteiger partial charge in [0.15, 0.2) is 0 Å². The zero-order valence-corrected chi connectivity index (χ0v) is 38.4. The fourth-order valence-electron chi connectivity index (χ4n) is 10.0. The number of benzene rings is 7. The molecule has 0 saturated heterocycles. The first-order chi connectivity index (χ1) is 33.4. The molecule has 0 amide bonds. The Hall–Kier alpha value is -8.03. The predicted molar refractivity (Wildman–Crippen MR) is 273 cm³/mol. The third-order valence-corrected chi connectivity index (χ3v) is 14.9. The van der Waals surface area contributed by atoms with Crippen LogP contribution in [0.25, 0.3) is 54.7 Å². The van der Waals surface area contributed by atoms with Gasteiger partial charge in [0.1, 0.15) is 56.4 Å². The van der Waals surface area contributed by atoms with Crippen LogP contribution in [0.2, 0.25) is 0 Å². The maximum atomic E-state index is 11.9. The Balaban J connectivity index is 1.25. The second-order valence-electron chi connectivity index (χ2n) is 17.1. The first kappa shape index (κ1) is 40.3. The number of fused-ring (bicyclic) bond motifs is 3. The zero-order valence-electron chi connectivity index (χ0n) is 36.7. The lowest BCUT2D eigenvalue weighted by atomic mass is 9.99. The quantitative estimate of drug-likeness (QED) is 0.151. The van der Waals surface area contributed by atoms with Gasteiger partial charge in [-0.15, -0.1) is 0 Å². The van der Waals surface area contributed by atoms with Gasteiger partial charge in [-0.3, -0.25) is 0 Å². The average Bonchev–Trinajstić information content (AvgIpc) is 4.14. The second-order valence-corrected chi connectivity index (χ2v) is 19.2. The van der Waals surface area contributed by atoms with E-state index >= 15 is 0 Å². The van der Waals surface area contributed by atoms with E-state index in [1.54, 1.807) is 0 Å². The van der Waals surface area contributed by atoms with Crippen LogP contribution in [0.1, 0.15) is 31.0 Å². The molecule has 7 aromatic carbocycles. The molecule has 14 heteroatoms. The van der Waals surface area contributed by atoms with Gasteiger partial charge in [-0.25, -0.2) is 9.98 Å². The van der Waals surface area contributed by atoms with E-state index in [-0.39, 0.29) is 5.92 Å². The van der Waals surface area contributed by atoms with Crippen molar-refractivity contribution in [2.24, 2.45) is 9.98 Å². The van der Waals surface area contributed by atoms with Crippen LogP contribution in [-0.2, 0) is 0 Å². The zero-order chi connectivity index (χ0) is 45.8. The molecule has 4 aliphatic heterocycles. The highest BCUT2D eigenvalue weighted by Crippen LogP contribution is 2.46. The van der Waals surface area contributed by atoms with Crippen molar-refractivity contribution in [1.29, 1.82) is 10.5 Å². The summed E-state index contributed by atoms with van der Waals surface area (Å²) in [4.78, 5) is 12.5. The lowest BCUT2D eigenvalue weighted by molar-refractivity contribution is 0.473. The highest BCUT2D eigenvalue weighted by atomic mass is 32.2. The molecule has 0 atom stereocenters. The van der Waals surface area contributed by atoms with Crippen LogP contribution in [-0.4, -0.2) is 33.6 Å². The fourth-order valence-corrected chi connectivity index (χ4v) is 12.2. The lowest BCUT2D eigenvalue weighted by Crippen LogP contribution is -2.45. The monoisotopic (exact) mass is 916 g/mol. The molecular formula is C54H34B2N6O4S2. The number of aliphatic imine (C=N–C) groups is 2. The Labute approximate surface area is 399 Å². The van der Waals surface area contributed by atoms with Crippen LogP contribution < -0.4 is 29.3 Å². The summed E-state index contributed by atoms with van der Waals surface area (Å²) < 4.78 is 31.2. The smallest absolute Gasteiger partial charge is 0.503 e. The van der Waals surface area contributed by atoms with E-state index in [0.29, 0.717) is 71.4 Å². The summed E-state index contributed by atoms with van der Waals surface area (Å²) in [7, 11) is -2.13. The molecule has 9 aromatic rings. The highest BCUT2D eigenvalue weighted by molar-refractivity contribution is 8.15. The van der Waals surface area contributed by atoms with Gasteiger partial charge in [-0.05, 0) is 77.7 Å². The largest absolute Gasteiger partial charge is 0.743 e. The average molecular weight is 917 g/mol. The Morgan fingerprint density at radius 3 is 1.44 bits per heavy atom. The van der Waals surface area contributed by atoms with Gasteiger partial charge in [0.25, 0.3) is 0 Å². The van der Waals surface area contributed by atoms with Crippen molar-refractivity contribution in [1.82, 2.24) is 8.96 Å². The van der Waals surface area contributed by atoms with Crippen LogP contribution in [0, 0.1) is 29.6 Å². The van der Waals surface area contributed by atoms with Crippen LogP contribution >= 0.6 is 23.5 Å². The number of rotatable bonds is 6. The number of hydrogen-bond donors (Lipinski definition) is 0. The van der Waals surface area contributed by atoms with Crippen molar-refractivity contribution in [3.8, 4) is 46.4 Å². The maximum Gasteiger partial charge on any atom is 0.743 e. The molecule has 0 saturated carbocycles. The minimum absolute atomic E-state index is 0.241. The van der Waals surface area contributed by atoms with Gasteiger partial charge >= 0.3 is 14.5 Å². The van der Waals surface area contributed by atoms with Gasteiger partial charge in [-0.1, -0.05) is 134 Å². The van der Waals surface area contributed by atoms with E-state index in [0.717, 1.165) is 59.5 Å². The van der Waals surface area contributed by atoms with Crippen LogP contribution in [0.15, 0.2) is 165 Å². The molecular weight excluding hydrogens is 882 g/mol. The molecule has 6 heterocycles. The molecule has 0 bridgehead atoms. The predicted octanol–water partition coefficient (Wildman–Crippen LogP) is 11.5. The SMILES string of the molecule is Cc1ccccc1-c1c2/c(=C(\C#N)C3=Nc4cccc5cccc(c45)S3)n(B3Oc4ccccc4O3)c(C(C)C)c2/c(=C(\C#N)C2=Nc3cccc4cccc(c34)S2)n1B1Oc2ccccc2O1. The molecule has 2 aromatic heterocycles. The Morgan fingerprint density at radius 1 is 0.529 bits per heavy atom.